The lowest BCUT2D eigenvalue weighted by Crippen LogP contribution is -2.33. The number of nitrogens with one attached hydrogen (secondary N) is 1. The van der Waals surface area contributed by atoms with Gasteiger partial charge in [0.05, 0.1) is 41.0 Å². The highest BCUT2D eigenvalue weighted by atomic mass is 32.1. The van der Waals surface area contributed by atoms with Gasteiger partial charge in [-0.3, -0.25) is 9.69 Å². The number of nitrogens with zero attached hydrogens (tertiary/aromatic N) is 4. The van der Waals surface area contributed by atoms with E-state index in [1.54, 1.807) is 11.3 Å². The molecule has 2 atom stereocenters. The van der Waals surface area contributed by atoms with Crippen molar-refractivity contribution >= 4 is 33.3 Å². The molecule has 2 aromatic heterocycles. The van der Waals surface area contributed by atoms with Crippen molar-refractivity contribution in [1.29, 1.82) is 5.26 Å². The molecule has 0 bridgehead atoms. The van der Waals surface area contributed by atoms with Crippen LogP contribution in [0, 0.1) is 25.2 Å². The second kappa shape index (κ2) is 9.41. The molecule has 0 saturated carbocycles. The molecule has 4 rings (SSSR count). The molecule has 1 aliphatic heterocycles. The summed E-state index contributed by atoms with van der Waals surface area (Å²) in [6.07, 6.45) is 2.16. The van der Waals surface area contributed by atoms with Crippen molar-refractivity contribution in [2.75, 3.05) is 25.5 Å². The number of benzene rings is 1. The van der Waals surface area contributed by atoms with E-state index >= 15 is 0 Å². The fourth-order valence-electron chi connectivity index (χ4n) is 4.14. The third-order valence-electron chi connectivity index (χ3n) is 6.33. The van der Waals surface area contributed by atoms with Gasteiger partial charge in [0.2, 0.25) is 5.91 Å². The van der Waals surface area contributed by atoms with Crippen LogP contribution in [0.2, 0.25) is 0 Å². The van der Waals surface area contributed by atoms with Crippen LogP contribution in [0.3, 0.4) is 0 Å². The Kier molecular flexibility index (Phi) is 6.60. The number of carbonyl (C=O) groups is 1. The number of thiazole rings is 1. The van der Waals surface area contributed by atoms with Crippen molar-refractivity contribution in [2.24, 2.45) is 0 Å². The molecule has 168 valence electrons. The van der Waals surface area contributed by atoms with E-state index in [1.165, 1.54) is 0 Å². The maximum absolute atomic E-state index is 13.0. The molecule has 7 nitrogen and oxygen atoms in total. The lowest BCUT2D eigenvalue weighted by Gasteiger charge is -2.23. The van der Waals surface area contributed by atoms with Crippen LogP contribution in [0.15, 0.2) is 24.3 Å². The van der Waals surface area contributed by atoms with Gasteiger partial charge in [-0.1, -0.05) is 12.1 Å². The van der Waals surface area contributed by atoms with Crippen LogP contribution >= 0.6 is 11.3 Å². The van der Waals surface area contributed by atoms with Crippen LogP contribution in [0.4, 0.5) is 5.82 Å². The molecule has 1 fully saturated rings. The van der Waals surface area contributed by atoms with Gasteiger partial charge in [0, 0.05) is 12.3 Å². The van der Waals surface area contributed by atoms with Crippen LogP contribution in [-0.4, -0.2) is 46.7 Å². The summed E-state index contributed by atoms with van der Waals surface area (Å²) in [5.41, 5.74) is 3.39. The molecule has 1 amide bonds. The van der Waals surface area contributed by atoms with E-state index in [-0.39, 0.29) is 24.6 Å². The Morgan fingerprint density at radius 3 is 2.91 bits per heavy atom. The smallest absolute Gasteiger partial charge is 0.239 e. The van der Waals surface area contributed by atoms with Gasteiger partial charge in [0.1, 0.15) is 16.9 Å². The summed E-state index contributed by atoms with van der Waals surface area (Å²) >= 11 is 1.65. The molecule has 1 aromatic carbocycles. The van der Waals surface area contributed by atoms with E-state index in [0.29, 0.717) is 17.9 Å². The Morgan fingerprint density at radius 2 is 2.22 bits per heavy atom. The van der Waals surface area contributed by atoms with Crippen molar-refractivity contribution in [3.63, 3.8) is 0 Å². The SMILES string of the molecule is Cc1c(C#N)c(NC(=O)CN(C)[C@H](C)c2nc3ccccc3s2)n(C[C@@H]2CCCO2)c1C. The topological polar surface area (TPSA) is 83.2 Å². The highest BCUT2D eigenvalue weighted by molar-refractivity contribution is 7.18. The number of likely N-dealkylation sites (N-methyl/N-ethyl adjacent to an activating group) is 1. The van der Waals surface area contributed by atoms with Gasteiger partial charge in [0.15, 0.2) is 0 Å². The fraction of sp³-hybridized carbons (Fsp3) is 0.458. The highest BCUT2D eigenvalue weighted by Crippen LogP contribution is 2.30. The molecular formula is C24H29N5O2S. The van der Waals surface area contributed by atoms with Gasteiger partial charge in [-0.15, -0.1) is 11.3 Å². The summed E-state index contributed by atoms with van der Waals surface area (Å²) in [6, 6.07) is 10.3. The summed E-state index contributed by atoms with van der Waals surface area (Å²) in [7, 11) is 1.92. The number of anilines is 1. The number of para-hydroxylation sites is 1. The average Bonchev–Trinajstić information content (AvgIpc) is 3.49. The van der Waals surface area contributed by atoms with E-state index in [2.05, 4.69) is 24.4 Å². The molecule has 0 spiro atoms. The molecule has 3 heterocycles. The summed E-state index contributed by atoms with van der Waals surface area (Å²) in [5, 5.41) is 13.7. The lowest BCUT2D eigenvalue weighted by molar-refractivity contribution is -0.117. The number of nitriles is 1. The van der Waals surface area contributed by atoms with Gasteiger partial charge < -0.3 is 14.6 Å². The van der Waals surface area contributed by atoms with Gasteiger partial charge in [-0.25, -0.2) is 4.98 Å². The second-order valence-electron chi connectivity index (χ2n) is 8.45. The lowest BCUT2D eigenvalue weighted by atomic mass is 10.2. The number of hydrogen-bond donors (Lipinski definition) is 1. The number of aromatic nitrogens is 2. The Morgan fingerprint density at radius 1 is 1.44 bits per heavy atom. The van der Waals surface area contributed by atoms with Gasteiger partial charge in [-0.2, -0.15) is 5.26 Å². The number of carbonyl (C=O) groups excluding carboxylic acids is 1. The van der Waals surface area contributed by atoms with Crippen molar-refractivity contribution < 1.29 is 9.53 Å². The molecule has 3 aromatic rings. The average molecular weight is 452 g/mol. The van der Waals surface area contributed by atoms with Crippen LogP contribution in [0.5, 0.6) is 0 Å². The molecule has 32 heavy (non-hydrogen) atoms. The Labute approximate surface area is 192 Å². The maximum Gasteiger partial charge on any atom is 0.239 e. The van der Waals surface area contributed by atoms with Crippen LogP contribution in [-0.2, 0) is 16.1 Å². The van der Waals surface area contributed by atoms with E-state index in [4.69, 9.17) is 9.72 Å². The van der Waals surface area contributed by atoms with Crippen molar-refractivity contribution in [3.05, 3.63) is 46.1 Å². The monoisotopic (exact) mass is 451 g/mol. The first-order valence-corrected chi connectivity index (χ1v) is 11.8. The van der Waals surface area contributed by atoms with Gasteiger partial charge in [-0.05, 0) is 58.4 Å². The normalized spacial score (nSPS) is 17.1. The third-order valence-corrected chi connectivity index (χ3v) is 7.54. The second-order valence-corrected chi connectivity index (χ2v) is 9.51. The third kappa shape index (κ3) is 4.42. The summed E-state index contributed by atoms with van der Waals surface area (Å²) in [6.45, 7) is 7.58. The van der Waals surface area contributed by atoms with Crippen LogP contribution in [0.1, 0.15) is 47.6 Å². The standard InChI is InChI=1S/C24H29N5O2S/c1-15-16(2)29(13-18-8-7-11-31-18)23(19(15)12-25)27-22(30)14-28(4)17(3)24-26-20-9-5-6-10-21(20)32-24/h5-6,9-10,17-18H,7-8,11,13-14H2,1-4H3,(H,27,30)/t17-,18+/m1/s1. The van der Waals surface area contributed by atoms with Gasteiger partial charge >= 0.3 is 0 Å². The van der Waals surface area contributed by atoms with E-state index in [9.17, 15) is 10.1 Å². The maximum atomic E-state index is 13.0. The minimum atomic E-state index is -0.150. The predicted octanol–water partition coefficient (Wildman–Crippen LogP) is 4.40. The molecule has 0 aliphatic carbocycles. The first kappa shape index (κ1) is 22.5. The quantitative estimate of drug-likeness (QED) is 0.576. The minimum absolute atomic E-state index is 0.00395. The van der Waals surface area contributed by atoms with E-state index in [1.807, 2.05) is 48.6 Å². The van der Waals surface area contributed by atoms with Crippen LogP contribution in [0.25, 0.3) is 10.2 Å². The molecule has 0 radical (unpaired) electrons. The van der Waals surface area contributed by atoms with Crippen molar-refractivity contribution in [2.45, 2.75) is 52.3 Å². The number of rotatable bonds is 7. The zero-order chi connectivity index (χ0) is 22.8. The van der Waals surface area contributed by atoms with Crippen molar-refractivity contribution in [1.82, 2.24) is 14.5 Å². The number of amides is 1. The highest BCUT2D eigenvalue weighted by Gasteiger charge is 2.25. The largest absolute Gasteiger partial charge is 0.376 e. The molecule has 1 aliphatic rings. The van der Waals surface area contributed by atoms with Gasteiger partial charge in [0.25, 0.3) is 0 Å². The molecule has 8 heteroatoms. The first-order chi connectivity index (χ1) is 15.4. The Hall–Kier alpha value is -2.73. The fourth-order valence-corrected chi connectivity index (χ4v) is 5.23. The molecule has 1 N–H and O–H groups in total. The Balaban J connectivity index is 1.49. The number of fused-ring (bicyclic) bond motifs is 1. The summed E-state index contributed by atoms with van der Waals surface area (Å²) < 4.78 is 8.96. The molecule has 0 unspecified atom stereocenters. The molecular weight excluding hydrogens is 422 g/mol. The summed E-state index contributed by atoms with van der Waals surface area (Å²) in [4.78, 5) is 19.7. The zero-order valence-electron chi connectivity index (χ0n) is 19.0. The zero-order valence-corrected chi connectivity index (χ0v) is 19.8. The van der Waals surface area contributed by atoms with E-state index < -0.39 is 0 Å². The van der Waals surface area contributed by atoms with Crippen LogP contribution < -0.4 is 5.32 Å². The summed E-state index contributed by atoms with van der Waals surface area (Å²) in [5.74, 6) is 0.423. The number of hydrogen-bond acceptors (Lipinski definition) is 6. The number of ether oxygens (including phenoxy) is 1. The Bertz CT molecular complexity index is 1140. The first-order valence-electron chi connectivity index (χ1n) is 11.0. The predicted molar refractivity (Wildman–Crippen MR) is 127 cm³/mol. The molecule has 1 saturated heterocycles. The van der Waals surface area contributed by atoms with E-state index in [0.717, 1.165) is 45.9 Å². The minimum Gasteiger partial charge on any atom is -0.376 e. The van der Waals surface area contributed by atoms with Crippen molar-refractivity contribution in [3.8, 4) is 6.07 Å².